The van der Waals surface area contributed by atoms with E-state index in [0.29, 0.717) is 0 Å². The summed E-state index contributed by atoms with van der Waals surface area (Å²) in [7, 11) is 0. The monoisotopic (exact) mass is 302 g/mol. The van der Waals surface area contributed by atoms with Crippen LogP contribution < -0.4 is 10.6 Å². The van der Waals surface area contributed by atoms with E-state index < -0.39 is 5.96 Å². The SMILES string of the molecule is C=CCP(Cl)(CC=C)(c1ccccc1)c1ccccc1. The van der Waals surface area contributed by atoms with Gasteiger partial charge in [0, 0.05) is 0 Å². The Hall–Kier alpha value is -1.36. The third-order valence-electron chi connectivity index (χ3n) is 3.72. The molecule has 0 spiro atoms. The van der Waals surface area contributed by atoms with E-state index in [9.17, 15) is 0 Å². The zero-order valence-electron chi connectivity index (χ0n) is 11.6. The average Bonchev–Trinajstić information content (AvgIpc) is 2.50. The first-order chi connectivity index (χ1) is 9.64. The van der Waals surface area contributed by atoms with Crippen LogP contribution >= 0.6 is 17.2 Å². The molecule has 0 N–H and O–H groups in total. The molecule has 2 aromatic carbocycles. The van der Waals surface area contributed by atoms with Gasteiger partial charge in [-0.3, -0.25) is 0 Å². The van der Waals surface area contributed by atoms with Gasteiger partial charge in [-0.05, 0) is 0 Å². The van der Waals surface area contributed by atoms with Crippen molar-refractivity contribution in [1.29, 1.82) is 0 Å². The van der Waals surface area contributed by atoms with Crippen molar-refractivity contribution in [2.45, 2.75) is 0 Å². The van der Waals surface area contributed by atoms with Crippen molar-refractivity contribution in [1.82, 2.24) is 0 Å². The zero-order valence-corrected chi connectivity index (χ0v) is 13.2. The van der Waals surface area contributed by atoms with Crippen molar-refractivity contribution in [3.05, 3.63) is 86.0 Å². The fourth-order valence-corrected chi connectivity index (χ4v) is 8.06. The second kappa shape index (κ2) is 5.95. The maximum atomic E-state index is 7.44. The number of benzene rings is 2. The summed E-state index contributed by atoms with van der Waals surface area (Å²) in [6, 6.07) is 20.8. The summed E-state index contributed by atoms with van der Waals surface area (Å²) in [5, 5.41) is 2.40. The second-order valence-corrected chi connectivity index (χ2v) is 12.0. The summed E-state index contributed by atoms with van der Waals surface area (Å²) in [4.78, 5) is 0. The molecule has 0 radical (unpaired) electrons. The third kappa shape index (κ3) is 2.46. The molecule has 2 aromatic rings. The topological polar surface area (TPSA) is 0 Å². The van der Waals surface area contributed by atoms with Crippen LogP contribution in [0, 0.1) is 0 Å². The quantitative estimate of drug-likeness (QED) is 0.535. The molecule has 0 unspecified atom stereocenters. The zero-order chi connectivity index (χ0) is 14.5. The molecule has 0 fully saturated rings. The predicted molar refractivity (Wildman–Crippen MR) is 95.1 cm³/mol. The van der Waals surface area contributed by atoms with Gasteiger partial charge >= 0.3 is 126 Å². The first kappa shape index (κ1) is 15.0. The maximum absolute atomic E-state index is 7.44. The van der Waals surface area contributed by atoms with E-state index in [1.807, 2.05) is 48.6 Å². The van der Waals surface area contributed by atoms with Crippen molar-refractivity contribution >= 4 is 27.8 Å². The number of allylic oxidation sites excluding steroid dienone is 2. The van der Waals surface area contributed by atoms with Crippen LogP contribution in [-0.2, 0) is 0 Å². The first-order valence-electron chi connectivity index (χ1n) is 6.70. The van der Waals surface area contributed by atoms with E-state index in [2.05, 4.69) is 37.4 Å². The Bertz CT molecular complexity index is 536. The van der Waals surface area contributed by atoms with E-state index in [1.54, 1.807) is 0 Å². The number of rotatable bonds is 6. The van der Waals surface area contributed by atoms with Crippen molar-refractivity contribution < 1.29 is 0 Å². The van der Waals surface area contributed by atoms with Crippen LogP contribution in [-0.4, -0.2) is 12.3 Å². The number of hydrogen-bond acceptors (Lipinski definition) is 0. The summed E-state index contributed by atoms with van der Waals surface area (Å²) in [6.07, 6.45) is 5.42. The van der Waals surface area contributed by atoms with Gasteiger partial charge in [-0.1, -0.05) is 0 Å². The fraction of sp³-hybridized carbons (Fsp3) is 0.111. The summed E-state index contributed by atoms with van der Waals surface area (Å²) < 4.78 is 0. The van der Waals surface area contributed by atoms with Gasteiger partial charge in [-0.25, -0.2) is 0 Å². The van der Waals surface area contributed by atoms with E-state index >= 15 is 0 Å². The predicted octanol–water partition coefficient (Wildman–Crippen LogP) is 4.72. The molecule has 20 heavy (non-hydrogen) atoms. The molecule has 0 saturated carbocycles. The van der Waals surface area contributed by atoms with Crippen molar-refractivity contribution in [2.24, 2.45) is 0 Å². The van der Waals surface area contributed by atoms with Gasteiger partial charge in [-0.2, -0.15) is 0 Å². The molecule has 0 aliphatic heterocycles. The molecule has 0 nitrogen and oxygen atoms in total. The number of halogens is 1. The standard InChI is InChI=1S/C18H20ClP/c1-3-15-20(19,16-4-2,17-11-7-5-8-12-17)18-13-9-6-10-14-18/h3-14H,1-2,15-16H2. The fourth-order valence-electron chi connectivity index (χ4n) is 2.72. The molecule has 0 bridgehead atoms. The van der Waals surface area contributed by atoms with E-state index in [4.69, 9.17) is 11.2 Å². The minimum atomic E-state index is -2.81. The van der Waals surface area contributed by atoms with Crippen molar-refractivity contribution in [3.63, 3.8) is 0 Å². The van der Waals surface area contributed by atoms with Crippen LogP contribution in [0.25, 0.3) is 0 Å². The number of hydrogen-bond donors (Lipinski definition) is 0. The summed E-state index contributed by atoms with van der Waals surface area (Å²) in [5.41, 5.74) is 0. The van der Waals surface area contributed by atoms with Crippen LogP contribution in [0.15, 0.2) is 86.0 Å². The van der Waals surface area contributed by atoms with E-state index in [0.717, 1.165) is 12.3 Å². The molecule has 0 aliphatic rings. The van der Waals surface area contributed by atoms with Crippen LogP contribution in [0.1, 0.15) is 0 Å². The summed E-state index contributed by atoms with van der Waals surface area (Å²) >= 11 is 7.44. The molecule has 0 aliphatic carbocycles. The van der Waals surface area contributed by atoms with Gasteiger partial charge in [0.1, 0.15) is 0 Å². The summed E-state index contributed by atoms with van der Waals surface area (Å²) in [5.74, 6) is -2.81. The molecular weight excluding hydrogens is 283 g/mol. The molecule has 0 atom stereocenters. The van der Waals surface area contributed by atoms with Crippen molar-refractivity contribution in [3.8, 4) is 0 Å². The Balaban J connectivity index is 2.76. The third-order valence-corrected chi connectivity index (χ3v) is 10.7. The Morgan fingerprint density at radius 3 is 1.40 bits per heavy atom. The van der Waals surface area contributed by atoms with Gasteiger partial charge in [0.15, 0.2) is 0 Å². The van der Waals surface area contributed by atoms with Crippen LogP contribution in [0.2, 0.25) is 0 Å². The first-order valence-corrected chi connectivity index (χ1v) is 10.2. The van der Waals surface area contributed by atoms with Crippen molar-refractivity contribution in [2.75, 3.05) is 12.3 Å². The van der Waals surface area contributed by atoms with Gasteiger partial charge in [0.25, 0.3) is 0 Å². The molecule has 2 rings (SSSR count). The van der Waals surface area contributed by atoms with E-state index in [-0.39, 0.29) is 0 Å². The summed E-state index contributed by atoms with van der Waals surface area (Å²) in [6.45, 7) is 7.88. The van der Waals surface area contributed by atoms with Crippen LogP contribution in [0.3, 0.4) is 0 Å². The Labute approximate surface area is 126 Å². The van der Waals surface area contributed by atoms with Gasteiger partial charge in [-0.15, -0.1) is 0 Å². The Morgan fingerprint density at radius 1 is 0.750 bits per heavy atom. The minimum absolute atomic E-state index is 0.771. The van der Waals surface area contributed by atoms with Gasteiger partial charge in [0.05, 0.1) is 0 Å². The molecule has 2 heteroatoms. The van der Waals surface area contributed by atoms with E-state index in [1.165, 1.54) is 10.6 Å². The molecule has 0 aromatic heterocycles. The molecule has 0 saturated heterocycles. The average molecular weight is 303 g/mol. The molecule has 0 amide bonds. The normalized spacial score (nSPS) is 13.2. The van der Waals surface area contributed by atoms with Gasteiger partial charge < -0.3 is 0 Å². The van der Waals surface area contributed by atoms with Gasteiger partial charge in [0.2, 0.25) is 0 Å². The molecule has 104 valence electrons. The van der Waals surface area contributed by atoms with Crippen LogP contribution in [0.4, 0.5) is 0 Å². The molecule has 0 heterocycles. The Kier molecular flexibility index (Phi) is 4.48. The molecular formula is C18H20ClP. The Morgan fingerprint density at radius 2 is 1.10 bits per heavy atom. The van der Waals surface area contributed by atoms with Crippen LogP contribution in [0.5, 0.6) is 0 Å². The second-order valence-electron chi connectivity index (χ2n) is 4.99.